The first-order valence-electron chi connectivity index (χ1n) is 5.46. The van der Waals surface area contributed by atoms with Crippen molar-refractivity contribution in [1.82, 2.24) is 10.3 Å². The molecule has 17 heavy (non-hydrogen) atoms. The van der Waals surface area contributed by atoms with E-state index in [1.54, 1.807) is 11.3 Å². The topological polar surface area (TPSA) is 24.9 Å². The number of aryl methyl sites for hydroxylation is 2. The van der Waals surface area contributed by atoms with Crippen LogP contribution in [0, 0.1) is 13.8 Å². The van der Waals surface area contributed by atoms with Gasteiger partial charge in [-0.3, -0.25) is 0 Å². The van der Waals surface area contributed by atoms with Gasteiger partial charge in [0, 0.05) is 31.8 Å². The van der Waals surface area contributed by atoms with Crippen LogP contribution < -0.4 is 5.32 Å². The Bertz CT molecular complexity index is 485. The summed E-state index contributed by atoms with van der Waals surface area (Å²) >= 11 is 7.10. The summed E-state index contributed by atoms with van der Waals surface area (Å²) in [6, 6.07) is 2.50. The number of nitrogens with zero attached hydrogens (tertiary/aromatic N) is 1. The Morgan fingerprint density at radius 2 is 2.24 bits per heavy atom. The van der Waals surface area contributed by atoms with Crippen molar-refractivity contribution in [2.24, 2.45) is 0 Å². The molecule has 0 bridgehead atoms. The Morgan fingerprint density at radius 3 is 2.76 bits per heavy atom. The molecule has 1 N–H and O–H groups in total. The SMILES string of the molecule is Cc1csc(C(C)NCc2cc(Br)c(C)s2)n1. The second-order valence-corrected chi connectivity index (χ2v) is 7.13. The molecule has 92 valence electrons. The van der Waals surface area contributed by atoms with Gasteiger partial charge in [-0.15, -0.1) is 22.7 Å². The van der Waals surface area contributed by atoms with Crippen LogP contribution in [0.4, 0.5) is 0 Å². The average molecular weight is 331 g/mol. The van der Waals surface area contributed by atoms with Gasteiger partial charge < -0.3 is 5.32 Å². The lowest BCUT2D eigenvalue weighted by atomic mass is 10.3. The van der Waals surface area contributed by atoms with Gasteiger partial charge in [0.05, 0.1) is 6.04 Å². The Hall–Kier alpha value is -0.230. The van der Waals surface area contributed by atoms with Crippen molar-refractivity contribution >= 4 is 38.6 Å². The zero-order chi connectivity index (χ0) is 12.4. The molecule has 0 fully saturated rings. The molecule has 0 aliphatic heterocycles. The van der Waals surface area contributed by atoms with Crippen LogP contribution >= 0.6 is 38.6 Å². The van der Waals surface area contributed by atoms with Gasteiger partial charge in [-0.2, -0.15) is 0 Å². The van der Waals surface area contributed by atoms with Crippen LogP contribution in [-0.4, -0.2) is 4.98 Å². The quantitative estimate of drug-likeness (QED) is 0.896. The maximum Gasteiger partial charge on any atom is 0.110 e. The van der Waals surface area contributed by atoms with Crippen LogP contribution in [0.25, 0.3) is 0 Å². The number of thiazole rings is 1. The maximum atomic E-state index is 4.50. The van der Waals surface area contributed by atoms with Crippen molar-refractivity contribution in [3.63, 3.8) is 0 Å². The van der Waals surface area contributed by atoms with Gasteiger partial charge >= 0.3 is 0 Å². The molecule has 0 aliphatic carbocycles. The van der Waals surface area contributed by atoms with E-state index in [0.717, 1.165) is 17.2 Å². The van der Waals surface area contributed by atoms with E-state index in [1.165, 1.54) is 14.2 Å². The van der Waals surface area contributed by atoms with Crippen molar-refractivity contribution < 1.29 is 0 Å². The largest absolute Gasteiger partial charge is 0.303 e. The third-order valence-corrected chi connectivity index (χ3v) is 5.78. The van der Waals surface area contributed by atoms with Crippen molar-refractivity contribution in [3.05, 3.63) is 36.4 Å². The number of thiophene rings is 1. The van der Waals surface area contributed by atoms with Gasteiger partial charge in [-0.25, -0.2) is 4.98 Å². The third-order valence-electron chi connectivity index (χ3n) is 2.50. The molecule has 0 aromatic carbocycles. The lowest BCUT2D eigenvalue weighted by Gasteiger charge is -2.09. The average Bonchev–Trinajstić information content (AvgIpc) is 2.83. The van der Waals surface area contributed by atoms with E-state index >= 15 is 0 Å². The fourth-order valence-corrected chi connectivity index (χ4v) is 3.90. The molecule has 0 saturated heterocycles. The Balaban J connectivity index is 1.94. The maximum absolute atomic E-state index is 4.50. The molecular weight excluding hydrogens is 316 g/mol. The second-order valence-electron chi connectivity index (χ2n) is 4.05. The van der Waals surface area contributed by atoms with Crippen LogP contribution in [0.15, 0.2) is 15.9 Å². The molecule has 0 saturated carbocycles. The normalized spacial score (nSPS) is 12.9. The Morgan fingerprint density at radius 1 is 1.47 bits per heavy atom. The van der Waals surface area contributed by atoms with Crippen LogP contribution in [0.2, 0.25) is 0 Å². The summed E-state index contributed by atoms with van der Waals surface area (Å²) in [5.74, 6) is 0. The molecule has 2 nitrogen and oxygen atoms in total. The molecule has 0 aliphatic rings. The van der Waals surface area contributed by atoms with E-state index in [2.05, 4.69) is 51.5 Å². The highest BCUT2D eigenvalue weighted by atomic mass is 79.9. The highest BCUT2D eigenvalue weighted by molar-refractivity contribution is 9.10. The summed E-state index contributed by atoms with van der Waals surface area (Å²) in [6.07, 6.45) is 0. The minimum absolute atomic E-state index is 0.315. The third kappa shape index (κ3) is 3.37. The molecule has 1 atom stereocenters. The first-order chi connectivity index (χ1) is 8.06. The molecule has 5 heteroatoms. The van der Waals surface area contributed by atoms with E-state index in [0.29, 0.717) is 6.04 Å². The molecule has 0 spiro atoms. The number of aromatic nitrogens is 1. The van der Waals surface area contributed by atoms with Gasteiger partial charge in [0.2, 0.25) is 0 Å². The zero-order valence-electron chi connectivity index (χ0n) is 10.1. The summed E-state index contributed by atoms with van der Waals surface area (Å²) < 4.78 is 1.21. The standard InChI is InChI=1S/C12H15BrN2S2/c1-7-6-16-12(15-7)8(2)14-5-10-4-11(13)9(3)17-10/h4,6,8,14H,5H2,1-3H3. The molecule has 2 aromatic heterocycles. The lowest BCUT2D eigenvalue weighted by Crippen LogP contribution is -2.17. The van der Waals surface area contributed by atoms with Crippen molar-refractivity contribution in [2.45, 2.75) is 33.4 Å². The highest BCUT2D eigenvalue weighted by Crippen LogP contribution is 2.27. The van der Waals surface area contributed by atoms with Crippen LogP contribution in [0.1, 0.15) is 33.4 Å². The first-order valence-corrected chi connectivity index (χ1v) is 7.95. The molecule has 1 unspecified atom stereocenters. The van der Waals surface area contributed by atoms with Crippen LogP contribution in [-0.2, 0) is 6.54 Å². The van der Waals surface area contributed by atoms with Crippen molar-refractivity contribution in [1.29, 1.82) is 0 Å². The van der Waals surface area contributed by atoms with Gasteiger partial charge in [0.1, 0.15) is 5.01 Å². The number of rotatable bonds is 4. The Kier molecular flexibility index (Phi) is 4.36. The summed E-state index contributed by atoms with van der Waals surface area (Å²) in [5.41, 5.74) is 1.10. The predicted molar refractivity (Wildman–Crippen MR) is 78.9 cm³/mol. The summed E-state index contributed by atoms with van der Waals surface area (Å²) in [4.78, 5) is 7.18. The first kappa shape index (κ1) is 13.2. The van der Waals surface area contributed by atoms with Crippen LogP contribution in [0.5, 0.6) is 0 Å². The lowest BCUT2D eigenvalue weighted by molar-refractivity contribution is 0.575. The zero-order valence-corrected chi connectivity index (χ0v) is 13.3. The van der Waals surface area contributed by atoms with E-state index in [4.69, 9.17) is 0 Å². The highest BCUT2D eigenvalue weighted by Gasteiger charge is 2.10. The molecule has 2 heterocycles. The fourth-order valence-electron chi connectivity index (χ4n) is 1.52. The van der Waals surface area contributed by atoms with Gasteiger partial charge in [0.25, 0.3) is 0 Å². The fraction of sp³-hybridized carbons (Fsp3) is 0.417. The number of halogens is 1. The number of hydrogen-bond acceptors (Lipinski definition) is 4. The molecule has 0 radical (unpaired) electrons. The summed E-state index contributed by atoms with van der Waals surface area (Å²) in [5, 5.41) is 6.77. The van der Waals surface area contributed by atoms with Gasteiger partial charge in [0.15, 0.2) is 0 Å². The van der Waals surface area contributed by atoms with Gasteiger partial charge in [-0.1, -0.05) is 0 Å². The van der Waals surface area contributed by atoms with E-state index in [1.807, 2.05) is 18.3 Å². The van der Waals surface area contributed by atoms with Crippen molar-refractivity contribution in [3.8, 4) is 0 Å². The second kappa shape index (κ2) is 5.61. The molecule has 2 rings (SSSR count). The van der Waals surface area contributed by atoms with E-state index < -0.39 is 0 Å². The minimum atomic E-state index is 0.315. The Labute approximate surface area is 118 Å². The predicted octanol–water partition coefficient (Wildman–Crippen LogP) is 4.43. The monoisotopic (exact) mass is 330 g/mol. The number of hydrogen-bond donors (Lipinski definition) is 1. The molecule has 0 amide bonds. The van der Waals surface area contributed by atoms with E-state index in [9.17, 15) is 0 Å². The molecule has 2 aromatic rings. The van der Waals surface area contributed by atoms with Crippen LogP contribution in [0.3, 0.4) is 0 Å². The van der Waals surface area contributed by atoms with E-state index in [-0.39, 0.29) is 0 Å². The number of nitrogens with one attached hydrogen (secondary N) is 1. The van der Waals surface area contributed by atoms with Gasteiger partial charge in [-0.05, 0) is 42.8 Å². The summed E-state index contributed by atoms with van der Waals surface area (Å²) in [7, 11) is 0. The molecular formula is C12H15BrN2S2. The summed E-state index contributed by atoms with van der Waals surface area (Å²) in [6.45, 7) is 7.23. The smallest absolute Gasteiger partial charge is 0.110 e. The minimum Gasteiger partial charge on any atom is -0.303 e. The van der Waals surface area contributed by atoms with Crippen molar-refractivity contribution in [2.75, 3.05) is 0 Å².